The number of ether oxygens (including phenoxy) is 2. The van der Waals surface area contributed by atoms with Crippen molar-refractivity contribution in [2.24, 2.45) is 7.05 Å². The Balaban J connectivity index is 1.11. The third-order valence-corrected chi connectivity index (χ3v) is 8.62. The molecule has 2 bridgehead atoms. The highest BCUT2D eigenvalue weighted by Crippen LogP contribution is 2.47. The number of nitrogens with zero attached hydrogens (tertiary/aromatic N) is 4. The van der Waals surface area contributed by atoms with Gasteiger partial charge in [0.15, 0.2) is 5.69 Å². The Bertz CT molecular complexity index is 1650. The number of piperidine rings is 1. The zero-order valence-electron chi connectivity index (χ0n) is 22.8. The molecule has 3 aliphatic rings. The van der Waals surface area contributed by atoms with Gasteiger partial charge in [0.1, 0.15) is 17.2 Å². The quantitative estimate of drug-likeness (QED) is 0.254. The van der Waals surface area contributed by atoms with Crippen LogP contribution in [0, 0.1) is 0 Å². The minimum atomic E-state index is -4.83. The first-order chi connectivity index (χ1) is 20.2. The molecule has 4 heterocycles. The summed E-state index contributed by atoms with van der Waals surface area (Å²) in [4.78, 5) is 14.1. The minimum Gasteiger partial charge on any atom is -0.476 e. The highest BCUT2D eigenvalue weighted by Gasteiger charge is 2.42. The van der Waals surface area contributed by atoms with Crippen molar-refractivity contribution < 1.29 is 37.1 Å². The standard InChI is InChI=1S/C30H29F3N4O5/c1-36-24-11-10-19(14-22(24)27(34-36)29(38)39)37-17-8-9-18(37)13-20(12-17)40-15-23-26(35-42-28(23)16-6-7-16)21-4-2-3-5-25(21)41-30(31,32)33/h2-5,10-11,14,16-18,20H,6-9,12-13,15H2,1H3,(H,38,39)/t17-,18+,20?. The number of hydrogen-bond donors (Lipinski definition) is 1. The van der Waals surface area contributed by atoms with Gasteiger partial charge < -0.3 is 24.0 Å². The van der Waals surface area contributed by atoms with Gasteiger partial charge in [0, 0.05) is 47.2 Å². The Kier molecular flexibility index (Phi) is 6.41. The molecule has 2 saturated heterocycles. The smallest absolute Gasteiger partial charge is 0.476 e. The molecule has 12 heteroatoms. The average Bonchev–Trinajstić information content (AvgIpc) is 3.54. The SMILES string of the molecule is Cn1nc(C(=O)O)c2cc(N3[C@@H]4CC[C@H]3CC(OCc3c(-c5ccccc5OC(F)(F)F)noc3C3CC3)C4)ccc21. The Morgan fingerprint density at radius 2 is 1.83 bits per heavy atom. The normalized spacial score (nSPS) is 22.2. The molecule has 1 aliphatic carbocycles. The van der Waals surface area contributed by atoms with Gasteiger partial charge in [-0.15, -0.1) is 13.2 Å². The van der Waals surface area contributed by atoms with Crippen molar-refractivity contribution in [1.29, 1.82) is 0 Å². The molecular formula is C30H29F3N4O5. The first-order valence-electron chi connectivity index (χ1n) is 14.1. The second kappa shape index (κ2) is 10.0. The number of aromatic nitrogens is 3. The van der Waals surface area contributed by atoms with E-state index in [0.717, 1.165) is 49.7 Å². The molecule has 4 aromatic rings. The summed E-state index contributed by atoms with van der Waals surface area (Å²) in [5.41, 5.74) is 2.98. The molecule has 220 valence electrons. The molecule has 1 saturated carbocycles. The molecular weight excluding hydrogens is 553 g/mol. The van der Waals surface area contributed by atoms with Gasteiger partial charge in [0.2, 0.25) is 0 Å². The number of carboxylic acids is 1. The molecule has 2 aromatic carbocycles. The molecule has 1 unspecified atom stereocenters. The number of para-hydroxylation sites is 1. The molecule has 1 N–H and O–H groups in total. The Hall–Kier alpha value is -4.06. The number of aromatic carboxylic acids is 1. The van der Waals surface area contributed by atoms with Crippen LogP contribution in [0.1, 0.15) is 66.3 Å². The molecule has 0 amide bonds. The van der Waals surface area contributed by atoms with E-state index in [0.29, 0.717) is 22.4 Å². The zero-order valence-corrected chi connectivity index (χ0v) is 22.8. The summed E-state index contributed by atoms with van der Waals surface area (Å²) in [7, 11) is 1.73. The maximum absolute atomic E-state index is 13.1. The van der Waals surface area contributed by atoms with Crippen molar-refractivity contribution >= 4 is 22.6 Å². The van der Waals surface area contributed by atoms with E-state index in [9.17, 15) is 23.1 Å². The van der Waals surface area contributed by atoms with Crippen LogP contribution in [0.15, 0.2) is 47.0 Å². The third kappa shape index (κ3) is 4.87. The lowest BCUT2D eigenvalue weighted by atomic mass is 9.98. The lowest BCUT2D eigenvalue weighted by molar-refractivity contribution is -0.274. The number of rotatable bonds is 8. The van der Waals surface area contributed by atoms with E-state index < -0.39 is 12.3 Å². The monoisotopic (exact) mass is 582 g/mol. The maximum Gasteiger partial charge on any atom is 0.573 e. The van der Waals surface area contributed by atoms with E-state index in [1.54, 1.807) is 23.9 Å². The van der Waals surface area contributed by atoms with Gasteiger partial charge in [-0.05, 0) is 68.9 Å². The second-order valence-electron chi connectivity index (χ2n) is 11.4. The summed E-state index contributed by atoms with van der Waals surface area (Å²) < 4.78 is 57.3. The highest BCUT2D eigenvalue weighted by atomic mass is 19.4. The average molecular weight is 583 g/mol. The topological polar surface area (TPSA) is 103 Å². The van der Waals surface area contributed by atoms with E-state index in [-0.39, 0.29) is 47.7 Å². The number of alkyl halides is 3. The number of halogens is 3. The number of benzene rings is 2. The summed E-state index contributed by atoms with van der Waals surface area (Å²) >= 11 is 0. The largest absolute Gasteiger partial charge is 0.573 e. The molecule has 2 aliphatic heterocycles. The van der Waals surface area contributed by atoms with Crippen LogP contribution >= 0.6 is 0 Å². The zero-order chi connectivity index (χ0) is 29.2. The Labute approximate surface area is 238 Å². The van der Waals surface area contributed by atoms with Crippen molar-refractivity contribution in [1.82, 2.24) is 14.9 Å². The van der Waals surface area contributed by atoms with E-state index in [4.69, 9.17) is 9.26 Å². The molecule has 0 spiro atoms. The van der Waals surface area contributed by atoms with Crippen LogP contribution < -0.4 is 9.64 Å². The van der Waals surface area contributed by atoms with Crippen LogP contribution in [0.4, 0.5) is 18.9 Å². The molecule has 0 radical (unpaired) electrons. The Morgan fingerprint density at radius 1 is 1.10 bits per heavy atom. The van der Waals surface area contributed by atoms with Gasteiger partial charge in [0.25, 0.3) is 0 Å². The number of fused-ring (bicyclic) bond motifs is 3. The highest BCUT2D eigenvalue weighted by molar-refractivity contribution is 6.02. The summed E-state index contributed by atoms with van der Waals surface area (Å²) in [6.45, 7) is 0.179. The number of anilines is 1. The van der Waals surface area contributed by atoms with E-state index in [1.165, 1.54) is 12.1 Å². The molecule has 42 heavy (non-hydrogen) atoms. The van der Waals surface area contributed by atoms with E-state index in [1.807, 2.05) is 18.2 Å². The van der Waals surface area contributed by atoms with Crippen LogP contribution in [0.25, 0.3) is 22.2 Å². The predicted octanol–water partition coefficient (Wildman–Crippen LogP) is 6.42. The first kappa shape index (κ1) is 26.8. The van der Waals surface area contributed by atoms with Crippen LogP contribution in [0.3, 0.4) is 0 Å². The van der Waals surface area contributed by atoms with Gasteiger partial charge in [-0.3, -0.25) is 4.68 Å². The van der Waals surface area contributed by atoms with E-state index >= 15 is 0 Å². The van der Waals surface area contributed by atoms with Gasteiger partial charge in [-0.1, -0.05) is 17.3 Å². The summed E-state index contributed by atoms with van der Waals surface area (Å²) in [6.07, 6.45) is 0.545. The molecule has 9 nitrogen and oxygen atoms in total. The first-order valence-corrected chi connectivity index (χ1v) is 14.1. The third-order valence-electron chi connectivity index (χ3n) is 8.62. The Morgan fingerprint density at radius 3 is 2.52 bits per heavy atom. The van der Waals surface area contributed by atoms with Gasteiger partial charge in [-0.25, -0.2) is 4.79 Å². The predicted molar refractivity (Wildman–Crippen MR) is 145 cm³/mol. The van der Waals surface area contributed by atoms with Gasteiger partial charge in [0.05, 0.1) is 18.2 Å². The number of aryl methyl sites for hydroxylation is 1. The number of carbonyl (C=O) groups is 1. The summed E-state index contributed by atoms with van der Waals surface area (Å²) in [6, 6.07) is 12.3. The number of hydrogen-bond acceptors (Lipinski definition) is 7. The summed E-state index contributed by atoms with van der Waals surface area (Å²) in [5, 5.41) is 18.6. The lowest BCUT2D eigenvalue weighted by Gasteiger charge is -2.40. The molecule has 3 atom stereocenters. The lowest BCUT2D eigenvalue weighted by Crippen LogP contribution is -2.45. The molecule has 2 aromatic heterocycles. The van der Waals surface area contributed by atoms with Crippen LogP contribution in [0.5, 0.6) is 5.75 Å². The summed E-state index contributed by atoms with van der Waals surface area (Å²) in [5.74, 6) is -0.521. The second-order valence-corrected chi connectivity index (χ2v) is 11.4. The fourth-order valence-corrected chi connectivity index (χ4v) is 6.67. The fourth-order valence-electron chi connectivity index (χ4n) is 6.67. The van der Waals surface area contributed by atoms with Crippen LogP contribution in [-0.2, 0) is 18.4 Å². The van der Waals surface area contributed by atoms with E-state index in [2.05, 4.69) is 19.9 Å². The van der Waals surface area contributed by atoms with Crippen molar-refractivity contribution in [2.75, 3.05) is 4.90 Å². The van der Waals surface area contributed by atoms with Crippen molar-refractivity contribution in [3.05, 3.63) is 59.5 Å². The minimum absolute atomic E-state index is 0.0399. The maximum atomic E-state index is 13.1. The molecule has 7 rings (SSSR count). The fraction of sp³-hybridized carbons (Fsp3) is 0.433. The van der Waals surface area contributed by atoms with Crippen molar-refractivity contribution in [3.8, 4) is 17.0 Å². The van der Waals surface area contributed by atoms with Crippen molar-refractivity contribution in [3.63, 3.8) is 0 Å². The molecule has 3 fully saturated rings. The van der Waals surface area contributed by atoms with Crippen LogP contribution in [0.2, 0.25) is 0 Å². The van der Waals surface area contributed by atoms with Gasteiger partial charge in [-0.2, -0.15) is 5.10 Å². The van der Waals surface area contributed by atoms with Crippen LogP contribution in [-0.4, -0.2) is 50.6 Å². The van der Waals surface area contributed by atoms with Gasteiger partial charge >= 0.3 is 12.3 Å². The van der Waals surface area contributed by atoms with Crippen molar-refractivity contribution in [2.45, 2.75) is 75.6 Å². The number of carboxylic acid groups (broad SMARTS) is 1.